The number of nitrogens with zero attached hydrogens (tertiary/aromatic N) is 2. The van der Waals surface area contributed by atoms with Gasteiger partial charge in [-0.15, -0.1) is 0 Å². The highest BCUT2D eigenvalue weighted by Crippen LogP contribution is 2.25. The number of ether oxygens (including phenoxy) is 1. The van der Waals surface area contributed by atoms with Crippen LogP contribution in [-0.4, -0.2) is 35.3 Å². The number of halogens is 1. The molecule has 0 saturated heterocycles. The highest BCUT2D eigenvalue weighted by Gasteiger charge is 2.20. The van der Waals surface area contributed by atoms with Gasteiger partial charge in [0.15, 0.2) is 0 Å². The van der Waals surface area contributed by atoms with Crippen LogP contribution in [0.15, 0.2) is 66.7 Å². The summed E-state index contributed by atoms with van der Waals surface area (Å²) in [4.78, 5) is 37.7. The molecule has 0 fully saturated rings. The third kappa shape index (κ3) is 5.87. The number of anilines is 1. The molecule has 3 aromatic carbocycles. The molecule has 0 saturated carbocycles. The third-order valence-corrected chi connectivity index (χ3v) is 5.13. The van der Waals surface area contributed by atoms with Crippen molar-refractivity contribution in [2.45, 2.75) is 13.5 Å². The number of nitro groups is 1. The van der Waals surface area contributed by atoms with E-state index in [2.05, 4.69) is 5.32 Å². The Kier molecular flexibility index (Phi) is 7.63. The van der Waals surface area contributed by atoms with Crippen molar-refractivity contribution in [3.63, 3.8) is 0 Å². The van der Waals surface area contributed by atoms with E-state index in [1.807, 2.05) is 31.2 Å². The molecule has 170 valence electrons. The lowest BCUT2D eigenvalue weighted by atomic mass is 10.1. The fourth-order valence-electron chi connectivity index (χ4n) is 3.18. The van der Waals surface area contributed by atoms with Crippen LogP contribution in [0.2, 0.25) is 5.02 Å². The lowest BCUT2D eigenvalue weighted by molar-refractivity contribution is -0.384. The highest BCUT2D eigenvalue weighted by atomic mass is 35.5. The predicted octanol–water partition coefficient (Wildman–Crippen LogP) is 5.17. The molecule has 0 aliphatic carbocycles. The fraction of sp³-hybridized carbons (Fsp3) is 0.167. The molecule has 0 aromatic heterocycles. The van der Waals surface area contributed by atoms with Crippen LogP contribution >= 0.6 is 11.6 Å². The minimum absolute atomic E-state index is 0.0573. The average molecular weight is 468 g/mol. The molecule has 0 spiro atoms. The average Bonchev–Trinajstić information content (AvgIpc) is 2.80. The number of hydrogen-bond donors (Lipinski definition) is 1. The normalized spacial score (nSPS) is 10.4. The minimum atomic E-state index is -0.595. The quantitative estimate of drug-likeness (QED) is 0.363. The number of nitrogens with one attached hydrogen (secondary N) is 1. The van der Waals surface area contributed by atoms with Crippen LogP contribution in [0.4, 0.5) is 11.4 Å². The Morgan fingerprint density at radius 3 is 2.39 bits per heavy atom. The number of para-hydroxylation sites is 1. The molecule has 0 heterocycles. The van der Waals surface area contributed by atoms with Gasteiger partial charge in [0.05, 0.1) is 33.4 Å². The van der Waals surface area contributed by atoms with Crippen LogP contribution in [-0.2, 0) is 6.54 Å². The van der Waals surface area contributed by atoms with Gasteiger partial charge in [0, 0.05) is 25.7 Å². The highest BCUT2D eigenvalue weighted by molar-refractivity contribution is 6.34. The summed E-state index contributed by atoms with van der Waals surface area (Å²) in [5.41, 5.74) is 1.38. The number of carbonyl (C=O) groups excluding carboxylic acids is 2. The minimum Gasteiger partial charge on any atom is -0.494 e. The molecular weight excluding hydrogens is 446 g/mol. The molecule has 3 rings (SSSR count). The Bertz CT molecular complexity index is 1180. The Hall–Kier alpha value is -3.91. The Morgan fingerprint density at radius 2 is 1.76 bits per heavy atom. The summed E-state index contributed by atoms with van der Waals surface area (Å²) in [5, 5.41) is 13.5. The van der Waals surface area contributed by atoms with Gasteiger partial charge < -0.3 is 15.0 Å². The Balaban J connectivity index is 1.76. The SMILES string of the molecule is CCOc1ccc(CN(C)C(=O)c2ccccc2NC(=O)c2ccc([N+](=O)[O-])cc2Cl)cc1. The maximum absolute atomic E-state index is 13.1. The van der Waals surface area contributed by atoms with E-state index in [0.29, 0.717) is 24.4 Å². The first-order chi connectivity index (χ1) is 15.8. The Morgan fingerprint density at radius 1 is 1.06 bits per heavy atom. The summed E-state index contributed by atoms with van der Waals surface area (Å²) < 4.78 is 5.43. The first-order valence-corrected chi connectivity index (χ1v) is 10.5. The maximum Gasteiger partial charge on any atom is 0.270 e. The van der Waals surface area contributed by atoms with Crippen LogP contribution in [0.5, 0.6) is 5.75 Å². The van der Waals surface area contributed by atoms with Crippen molar-refractivity contribution in [1.82, 2.24) is 4.90 Å². The number of rotatable bonds is 8. The van der Waals surface area contributed by atoms with E-state index in [1.54, 1.807) is 36.2 Å². The smallest absolute Gasteiger partial charge is 0.270 e. The van der Waals surface area contributed by atoms with Crippen molar-refractivity contribution >= 4 is 34.8 Å². The number of nitro benzene ring substituents is 1. The number of non-ortho nitro benzene ring substituents is 1. The van der Waals surface area contributed by atoms with Crippen LogP contribution in [0.3, 0.4) is 0 Å². The van der Waals surface area contributed by atoms with E-state index in [4.69, 9.17) is 16.3 Å². The van der Waals surface area contributed by atoms with Crippen molar-refractivity contribution in [1.29, 1.82) is 0 Å². The maximum atomic E-state index is 13.1. The van der Waals surface area contributed by atoms with Crippen molar-refractivity contribution in [2.75, 3.05) is 19.0 Å². The summed E-state index contributed by atoms with van der Waals surface area (Å²) >= 11 is 6.06. The second-order valence-corrected chi connectivity index (χ2v) is 7.57. The first-order valence-electron chi connectivity index (χ1n) is 10.1. The van der Waals surface area contributed by atoms with E-state index in [-0.39, 0.29) is 22.2 Å². The molecule has 0 atom stereocenters. The molecular formula is C24H22ClN3O5. The van der Waals surface area contributed by atoms with Gasteiger partial charge >= 0.3 is 0 Å². The lowest BCUT2D eigenvalue weighted by Crippen LogP contribution is -2.27. The van der Waals surface area contributed by atoms with Crippen LogP contribution in [0.25, 0.3) is 0 Å². The molecule has 1 N–H and O–H groups in total. The third-order valence-electron chi connectivity index (χ3n) is 4.81. The summed E-state index contributed by atoms with van der Waals surface area (Å²) in [6.07, 6.45) is 0. The summed E-state index contributed by atoms with van der Waals surface area (Å²) in [5.74, 6) is -0.105. The molecule has 9 heteroatoms. The van der Waals surface area contributed by atoms with Gasteiger partial charge in [0.2, 0.25) is 0 Å². The van der Waals surface area contributed by atoms with Crippen LogP contribution < -0.4 is 10.1 Å². The van der Waals surface area contributed by atoms with Gasteiger partial charge in [0.25, 0.3) is 17.5 Å². The number of hydrogen-bond acceptors (Lipinski definition) is 5. The molecule has 2 amide bonds. The fourth-order valence-corrected chi connectivity index (χ4v) is 3.44. The molecule has 0 aliphatic heterocycles. The molecule has 33 heavy (non-hydrogen) atoms. The molecule has 8 nitrogen and oxygen atoms in total. The standard InChI is InChI=1S/C24H22ClN3O5/c1-3-33-18-11-8-16(9-12-18)15-27(2)24(30)20-6-4-5-7-22(20)26-23(29)19-13-10-17(28(31)32)14-21(19)25/h4-14H,3,15H2,1-2H3,(H,26,29). The largest absolute Gasteiger partial charge is 0.494 e. The summed E-state index contributed by atoms with van der Waals surface area (Å²) in [7, 11) is 1.67. The monoisotopic (exact) mass is 467 g/mol. The predicted molar refractivity (Wildman–Crippen MR) is 126 cm³/mol. The van der Waals surface area contributed by atoms with Crippen molar-refractivity contribution < 1.29 is 19.2 Å². The second kappa shape index (κ2) is 10.6. The van der Waals surface area contributed by atoms with E-state index in [9.17, 15) is 19.7 Å². The van der Waals surface area contributed by atoms with Crippen LogP contribution in [0, 0.1) is 10.1 Å². The molecule has 0 unspecified atom stereocenters. The van der Waals surface area contributed by atoms with Crippen molar-refractivity contribution in [3.05, 3.63) is 98.6 Å². The topological polar surface area (TPSA) is 102 Å². The van der Waals surface area contributed by atoms with Crippen LogP contribution in [0.1, 0.15) is 33.2 Å². The Labute approximate surface area is 195 Å². The number of amides is 2. The zero-order valence-electron chi connectivity index (χ0n) is 18.1. The number of benzene rings is 3. The van der Waals surface area contributed by atoms with Gasteiger partial charge in [-0.3, -0.25) is 19.7 Å². The lowest BCUT2D eigenvalue weighted by Gasteiger charge is -2.20. The molecule has 0 radical (unpaired) electrons. The van der Waals surface area contributed by atoms with E-state index < -0.39 is 10.8 Å². The van der Waals surface area contributed by atoms with Gasteiger partial charge in [-0.1, -0.05) is 35.9 Å². The number of carbonyl (C=O) groups is 2. The van der Waals surface area contributed by atoms with Gasteiger partial charge in [-0.2, -0.15) is 0 Å². The molecule has 0 bridgehead atoms. The molecule has 0 aliphatic rings. The zero-order valence-corrected chi connectivity index (χ0v) is 18.8. The first kappa shape index (κ1) is 23.7. The summed E-state index contributed by atoms with van der Waals surface area (Å²) in [6, 6.07) is 17.7. The van der Waals surface area contributed by atoms with Gasteiger partial charge in [0.1, 0.15) is 5.75 Å². The van der Waals surface area contributed by atoms with E-state index in [1.165, 1.54) is 12.1 Å². The van der Waals surface area contributed by atoms with Crippen molar-refractivity contribution in [3.8, 4) is 5.75 Å². The van der Waals surface area contributed by atoms with E-state index >= 15 is 0 Å². The molecule has 3 aromatic rings. The van der Waals surface area contributed by atoms with Gasteiger partial charge in [-0.25, -0.2) is 0 Å². The zero-order chi connectivity index (χ0) is 24.0. The summed E-state index contributed by atoms with van der Waals surface area (Å²) in [6.45, 7) is 2.85. The van der Waals surface area contributed by atoms with Gasteiger partial charge in [-0.05, 0) is 42.8 Å². The second-order valence-electron chi connectivity index (χ2n) is 7.16. The van der Waals surface area contributed by atoms with Crippen molar-refractivity contribution in [2.24, 2.45) is 0 Å². The van der Waals surface area contributed by atoms with E-state index in [0.717, 1.165) is 17.4 Å².